The third kappa shape index (κ3) is 5.24. The van der Waals surface area contributed by atoms with Crippen molar-refractivity contribution in [2.75, 3.05) is 52.5 Å². The van der Waals surface area contributed by atoms with E-state index in [4.69, 9.17) is 10.5 Å². The summed E-state index contributed by atoms with van der Waals surface area (Å²) in [5, 5.41) is 0. The van der Waals surface area contributed by atoms with Crippen LogP contribution in [0.1, 0.15) is 26.7 Å². The fraction of sp³-hybridized carbons (Fsp3) is 0.933. The molecule has 0 aromatic rings. The lowest BCUT2D eigenvalue weighted by Crippen LogP contribution is -2.56. The van der Waals surface area contributed by atoms with Gasteiger partial charge in [-0.15, -0.1) is 24.8 Å². The smallest absolute Gasteiger partial charge is 0.230 e. The van der Waals surface area contributed by atoms with Crippen LogP contribution in [0.15, 0.2) is 0 Å². The van der Waals surface area contributed by atoms with Crippen LogP contribution in [0.5, 0.6) is 0 Å². The van der Waals surface area contributed by atoms with Crippen LogP contribution in [-0.2, 0) is 9.53 Å². The number of rotatable bonds is 4. The van der Waals surface area contributed by atoms with Gasteiger partial charge in [0.25, 0.3) is 0 Å². The summed E-state index contributed by atoms with van der Waals surface area (Å²) in [6, 6.07) is 0. The van der Waals surface area contributed by atoms with Crippen molar-refractivity contribution in [3.05, 3.63) is 0 Å². The molecule has 0 bridgehead atoms. The van der Waals surface area contributed by atoms with Crippen molar-refractivity contribution in [3.8, 4) is 0 Å². The van der Waals surface area contributed by atoms with Crippen LogP contribution in [0.3, 0.4) is 0 Å². The fourth-order valence-corrected chi connectivity index (χ4v) is 3.25. The van der Waals surface area contributed by atoms with Gasteiger partial charge < -0.3 is 15.4 Å². The first kappa shape index (κ1) is 21.9. The average Bonchev–Trinajstić information content (AvgIpc) is 2.47. The van der Waals surface area contributed by atoms with Gasteiger partial charge in [0.15, 0.2) is 0 Å². The van der Waals surface area contributed by atoms with Crippen molar-refractivity contribution in [3.63, 3.8) is 0 Å². The fourth-order valence-electron chi connectivity index (χ4n) is 3.25. The molecule has 2 aliphatic rings. The Morgan fingerprint density at radius 3 is 2.14 bits per heavy atom. The first-order valence-electron chi connectivity index (χ1n) is 7.87. The molecule has 0 unspecified atom stereocenters. The van der Waals surface area contributed by atoms with E-state index in [-0.39, 0.29) is 36.1 Å². The van der Waals surface area contributed by atoms with E-state index >= 15 is 0 Å². The van der Waals surface area contributed by atoms with Gasteiger partial charge in [-0.25, -0.2) is 0 Å². The zero-order chi connectivity index (χ0) is 14.6. The number of amides is 1. The third-order valence-corrected chi connectivity index (χ3v) is 4.58. The normalized spacial score (nSPS) is 21.9. The van der Waals surface area contributed by atoms with Crippen molar-refractivity contribution < 1.29 is 9.53 Å². The number of carbonyl (C=O) groups is 1. The van der Waals surface area contributed by atoms with E-state index in [0.717, 1.165) is 45.6 Å². The largest absolute Gasteiger partial charge is 0.381 e. The Hall–Kier alpha value is -0.0700. The predicted molar refractivity (Wildman–Crippen MR) is 93.9 cm³/mol. The molecule has 5 nitrogen and oxygen atoms in total. The van der Waals surface area contributed by atoms with Gasteiger partial charge in [0.2, 0.25) is 5.91 Å². The molecule has 2 rings (SSSR count). The zero-order valence-corrected chi connectivity index (χ0v) is 15.4. The highest BCUT2D eigenvalue weighted by molar-refractivity contribution is 5.85. The predicted octanol–water partition coefficient (Wildman–Crippen LogP) is 1.39. The Balaban J connectivity index is 0.00000220. The molecular formula is C15H31Cl2N3O2. The lowest BCUT2D eigenvalue weighted by molar-refractivity contribution is -0.149. The molecule has 0 aliphatic carbocycles. The average molecular weight is 356 g/mol. The van der Waals surface area contributed by atoms with E-state index < -0.39 is 0 Å². The molecule has 2 saturated heterocycles. The highest BCUT2D eigenvalue weighted by atomic mass is 35.5. The Kier molecular flexibility index (Phi) is 9.90. The molecule has 0 atom stereocenters. The van der Waals surface area contributed by atoms with Crippen LogP contribution >= 0.6 is 24.8 Å². The molecule has 0 aromatic heterocycles. The van der Waals surface area contributed by atoms with Gasteiger partial charge in [-0.05, 0) is 18.8 Å². The van der Waals surface area contributed by atoms with Gasteiger partial charge >= 0.3 is 0 Å². The summed E-state index contributed by atoms with van der Waals surface area (Å²) in [7, 11) is 0. The van der Waals surface area contributed by atoms with E-state index in [1.807, 2.05) is 4.90 Å². The summed E-state index contributed by atoms with van der Waals surface area (Å²) >= 11 is 0. The molecular weight excluding hydrogens is 325 g/mol. The molecule has 2 fully saturated rings. The number of nitrogens with zero attached hydrogens (tertiary/aromatic N) is 2. The summed E-state index contributed by atoms with van der Waals surface area (Å²) in [5.74, 6) is 0.940. The van der Waals surface area contributed by atoms with Crippen LogP contribution < -0.4 is 5.73 Å². The van der Waals surface area contributed by atoms with Crippen molar-refractivity contribution in [1.82, 2.24) is 9.80 Å². The number of carbonyl (C=O) groups excluding carboxylic acids is 1. The first-order valence-corrected chi connectivity index (χ1v) is 7.87. The molecule has 2 N–H and O–H groups in total. The Labute approximate surface area is 146 Å². The molecule has 7 heteroatoms. The molecule has 0 saturated carbocycles. The first-order chi connectivity index (χ1) is 9.57. The van der Waals surface area contributed by atoms with Gasteiger partial charge in [0, 0.05) is 52.5 Å². The molecule has 2 heterocycles. The number of hydrogen-bond donors (Lipinski definition) is 1. The maximum absolute atomic E-state index is 12.8. The maximum atomic E-state index is 12.8. The standard InChI is InChI=1S/C15H29N3O2.2ClH/c1-13(2)11-17-5-7-18(8-6-17)14(19)15(12-16)3-9-20-10-4-15;;/h13H,3-12,16H2,1-2H3;2*1H. The lowest BCUT2D eigenvalue weighted by Gasteiger charge is -2.42. The van der Waals surface area contributed by atoms with E-state index in [0.29, 0.717) is 25.7 Å². The molecule has 22 heavy (non-hydrogen) atoms. The second kappa shape index (κ2) is 9.93. The van der Waals surface area contributed by atoms with Gasteiger partial charge in [-0.1, -0.05) is 13.8 Å². The maximum Gasteiger partial charge on any atom is 0.230 e. The van der Waals surface area contributed by atoms with Crippen molar-refractivity contribution in [1.29, 1.82) is 0 Å². The lowest BCUT2D eigenvalue weighted by atomic mass is 9.78. The minimum Gasteiger partial charge on any atom is -0.381 e. The molecule has 1 amide bonds. The van der Waals surface area contributed by atoms with Crippen LogP contribution in [0, 0.1) is 11.3 Å². The highest BCUT2D eigenvalue weighted by Gasteiger charge is 2.41. The Bertz CT molecular complexity index is 329. The van der Waals surface area contributed by atoms with Crippen LogP contribution in [0.4, 0.5) is 0 Å². The van der Waals surface area contributed by atoms with Crippen molar-refractivity contribution in [2.24, 2.45) is 17.1 Å². The zero-order valence-electron chi connectivity index (χ0n) is 13.8. The monoisotopic (exact) mass is 355 g/mol. The summed E-state index contributed by atoms with van der Waals surface area (Å²) in [4.78, 5) is 17.3. The van der Waals surface area contributed by atoms with Gasteiger partial charge in [0.1, 0.15) is 0 Å². The number of piperazine rings is 1. The van der Waals surface area contributed by atoms with Gasteiger partial charge in [0.05, 0.1) is 5.41 Å². The van der Waals surface area contributed by atoms with Crippen LogP contribution in [0.25, 0.3) is 0 Å². The third-order valence-electron chi connectivity index (χ3n) is 4.58. The van der Waals surface area contributed by atoms with Crippen molar-refractivity contribution in [2.45, 2.75) is 26.7 Å². The van der Waals surface area contributed by atoms with Gasteiger partial charge in [-0.3, -0.25) is 9.69 Å². The number of halogens is 2. The summed E-state index contributed by atoms with van der Waals surface area (Å²) in [6.07, 6.45) is 1.54. The summed E-state index contributed by atoms with van der Waals surface area (Å²) in [5.41, 5.74) is 5.56. The summed E-state index contributed by atoms with van der Waals surface area (Å²) in [6.45, 7) is 11.0. The minimum absolute atomic E-state index is 0. The summed E-state index contributed by atoms with van der Waals surface area (Å²) < 4.78 is 5.39. The van der Waals surface area contributed by atoms with E-state index in [1.54, 1.807) is 0 Å². The van der Waals surface area contributed by atoms with E-state index in [2.05, 4.69) is 18.7 Å². The second-order valence-electron chi connectivity index (χ2n) is 6.58. The van der Waals surface area contributed by atoms with Gasteiger partial charge in [-0.2, -0.15) is 0 Å². The Morgan fingerprint density at radius 2 is 1.68 bits per heavy atom. The second-order valence-corrected chi connectivity index (χ2v) is 6.58. The SMILES string of the molecule is CC(C)CN1CCN(C(=O)C2(CN)CCOCC2)CC1.Cl.Cl. The molecule has 0 spiro atoms. The van der Waals surface area contributed by atoms with E-state index in [1.165, 1.54) is 0 Å². The molecule has 132 valence electrons. The minimum atomic E-state index is -0.363. The highest BCUT2D eigenvalue weighted by Crippen LogP contribution is 2.32. The quantitative estimate of drug-likeness (QED) is 0.827. The number of hydrogen-bond acceptors (Lipinski definition) is 4. The van der Waals surface area contributed by atoms with E-state index in [9.17, 15) is 4.79 Å². The Morgan fingerprint density at radius 1 is 1.14 bits per heavy atom. The molecule has 0 radical (unpaired) electrons. The number of nitrogens with two attached hydrogens (primary N) is 1. The topological polar surface area (TPSA) is 58.8 Å². The number of ether oxygens (including phenoxy) is 1. The van der Waals surface area contributed by atoms with Crippen molar-refractivity contribution >= 4 is 30.7 Å². The van der Waals surface area contributed by atoms with Crippen LogP contribution in [0.2, 0.25) is 0 Å². The van der Waals surface area contributed by atoms with Crippen LogP contribution in [-0.4, -0.2) is 68.2 Å². The molecule has 0 aromatic carbocycles. The molecule has 2 aliphatic heterocycles.